The minimum Gasteiger partial charge on any atom is -0.508 e. The van der Waals surface area contributed by atoms with Crippen LogP contribution < -0.4 is 5.32 Å². The second-order valence-electron chi connectivity index (χ2n) is 5.47. The highest BCUT2D eigenvalue weighted by molar-refractivity contribution is 5.36. The lowest BCUT2D eigenvalue weighted by molar-refractivity contribution is 0.136. The predicted octanol–water partition coefficient (Wildman–Crippen LogP) is 2.95. The minimum atomic E-state index is -0.632. The van der Waals surface area contributed by atoms with Gasteiger partial charge in [0.15, 0.2) is 0 Å². The standard InChI is InChI=1S/C18H23NO2/c1-13-8-9-16(12-17(13)20)18(21)14(2)19-11-10-15-6-4-3-5-7-15/h3-9,12,14,18-21H,10-11H2,1-2H3. The number of nitrogens with one attached hydrogen (secondary N) is 1. The van der Waals surface area contributed by atoms with Crippen LogP contribution in [0.2, 0.25) is 0 Å². The van der Waals surface area contributed by atoms with Gasteiger partial charge in [-0.1, -0.05) is 42.5 Å². The highest BCUT2D eigenvalue weighted by Crippen LogP contribution is 2.24. The van der Waals surface area contributed by atoms with E-state index in [2.05, 4.69) is 17.4 Å². The quantitative estimate of drug-likeness (QED) is 0.765. The number of aryl methyl sites for hydroxylation is 1. The molecule has 2 unspecified atom stereocenters. The number of hydrogen-bond donors (Lipinski definition) is 3. The molecule has 0 spiro atoms. The van der Waals surface area contributed by atoms with E-state index < -0.39 is 6.10 Å². The topological polar surface area (TPSA) is 52.5 Å². The van der Waals surface area contributed by atoms with Crippen molar-refractivity contribution >= 4 is 0 Å². The van der Waals surface area contributed by atoms with Crippen molar-refractivity contribution in [2.75, 3.05) is 6.54 Å². The number of aliphatic hydroxyl groups excluding tert-OH is 1. The molecule has 0 heterocycles. The third kappa shape index (κ3) is 4.31. The van der Waals surface area contributed by atoms with Gasteiger partial charge >= 0.3 is 0 Å². The van der Waals surface area contributed by atoms with E-state index in [0.717, 1.165) is 24.1 Å². The molecule has 2 atom stereocenters. The van der Waals surface area contributed by atoms with Crippen LogP contribution in [0.25, 0.3) is 0 Å². The molecule has 112 valence electrons. The molecule has 0 amide bonds. The van der Waals surface area contributed by atoms with Gasteiger partial charge < -0.3 is 15.5 Å². The van der Waals surface area contributed by atoms with Gasteiger partial charge in [0, 0.05) is 6.04 Å². The number of aliphatic hydroxyl groups is 1. The first-order valence-corrected chi connectivity index (χ1v) is 7.33. The summed E-state index contributed by atoms with van der Waals surface area (Å²) < 4.78 is 0. The van der Waals surface area contributed by atoms with Crippen molar-refractivity contribution in [2.24, 2.45) is 0 Å². The third-order valence-electron chi connectivity index (χ3n) is 3.77. The van der Waals surface area contributed by atoms with Crippen molar-refractivity contribution in [3.05, 3.63) is 65.2 Å². The molecule has 2 rings (SSSR count). The van der Waals surface area contributed by atoms with Crippen molar-refractivity contribution in [2.45, 2.75) is 32.4 Å². The second-order valence-corrected chi connectivity index (χ2v) is 5.47. The molecule has 0 aliphatic carbocycles. The maximum absolute atomic E-state index is 10.3. The van der Waals surface area contributed by atoms with Crippen molar-refractivity contribution in [1.29, 1.82) is 0 Å². The van der Waals surface area contributed by atoms with Gasteiger partial charge in [-0.15, -0.1) is 0 Å². The van der Waals surface area contributed by atoms with Crippen molar-refractivity contribution in [3.8, 4) is 5.75 Å². The Morgan fingerprint density at radius 3 is 2.48 bits per heavy atom. The molecule has 3 nitrogen and oxygen atoms in total. The summed E-state index contributed by atoms with van der Waals surface area (Å²) in [5.41, 5.74) is 2.83. The van der Waals surface area contributed by atoms with Crippen molar-refractivity contribution in [3.63, 3.8) is 0 Å². The van der Waals surface area contributed by atoms with Crippen LogP contribution in [0.3, 0.4) is 0 Å². The zero-order valence-corrected chi connectivity index (χ0v) is 12.6. The average molecular weight is 285 g/mol. The van der Waals surface area contributed by atoms with Crippen LogP contribution in [0.15, 0.2) is 48.5 Å². The first-order valence-electron chi connectivity index (χ1n) is 7.33. The molecular weight excluding hydrogens is 262 g/mol. The average Bonchev–Trinajstić information content (AvgIpc) is 2.50. The SMILES string of the molecule is Cc1ccc(C(O)C(C)NCCc2ccccc2)cc1O. The number of benzene rings is 2. The van der Waals surface area contributed by atoms with Gasteiger partial charge in [0.2, 0.25) is 0 Å². The van der Waals surface area contributed by atoms with E-state index in [1.807, 2.05) is 44.2 Å². The Kier molecular flexibility index (Phi) is 5.37. The number of hydrogen-bond acceptors (Lipinski definition) is 3. The van der Waals surface area contributed by atoms with E-state index in [9.17, 15) is 10.2 Å². The molecule has 2 aromatic rings. The van der Waals surface area contributed by atoms with E-state index >= 15 is 0 Å². The van der Waals surface area contributed by atoms with Gasteiger partial charge in [0.1, 0.15) is 5.75 Å². The molecular formula is C18H23NO2. The van der Waals surface area contributed by atoms with Crippen LogP contribution in [-0.2, 0) is 6.42 Å². The van der Waals surface area contributed by atoms with Gasteiger partial charge in [-0.3, -0.25) is 0 Å². The molecule has 0 aliphatic heterocycles. The van der Waals surface area contributed by atoms with Crippen LogP contribution >= 0.6 is 0 Å². The lowest BCUT2D eigenvalue weighted by Gasteiger charge is -2.21. The molecule has 0 aliphatic rings. The van der Waals surface area contributed by atoms with E-state index in [1.54, 1.807) is 6.07 Å². The molecule has 0 radical (unpaired) electrons. The molecule has 21 heavy (non-hydrogen) atoms. The molecule has 3 N–H and O–H groups in total. The van der Waals surface area contributed by atoms with Crippen molar-refractivity contribution in [1.82, 2.24) is 5.32 Å². The van der Waals surface area contributed by atoms with Crippen LogP contribution in [0.1, 0.15) is 29.7 Å². The summed E-state index contributed by atoms with van der Waals surface area (Å²) in [6, 6.07) is 15.5. The number of phenolic OH excluding ortho intramolecular Hbond substituents is 1. The molecule has 2 aromatic carbocycles. The van der Waals surface area contributed by atoms with Gasteiger partial charge in [0.25, 0.3) is 0 Å². The molecule has 0 saturated heterocycles. The van der Waals surface area contributed by atoms with Gasteiger partial charge in [-0.25, -0.2) is 0 Å². The van der Waals surface area contributed by atoms with Crippen LogP contribution in [0.5, 0.6) is 5.75 Å². The highest BCUT2D eigenvalue weighted by Gasteiger charge is 2.16. The fourth-order valence-corrected chi connectivity index (χ4v) is 2.30. The Morgan fingerprint density at radius 1 is 1.10 bits per heavy atom. The summed E-state index contributed by atoms with van der Waals surface area (Å²) in [5.74, 6) is 0.225. The molecule has 0 fully saturated rings. The number of rotatable bonds is 6. The van der Waals surface area contributed by atoms with Gasteiger partial charge in [0.05, 0.1) is 6.10 Å². The number of phenols is 1. The first kappa shape index (κ1) is 15.5. The number of aromatic hydroxyl groups is 1. The predicted molar refractivity (Wildman–Crippen MR) is 85.4 cm³/mol. The summed E-state index contributed by atoms with van der Waals surface area (Å²) >= 11 is 0. The monoisotopic (exact) mass is 285 g/mol. The first-order chi connectivity index (χ1) is 10.1. The van der Waals surface area contributed by atoms with E-state index in [0.29, 0.717) is 0 Å². The van der Waals surface area contributed by atoms with Gasteiger partial charge in [-0.2, -0.15) is 0 Å². The Balaban J connectivity index is 1.87. The zero-order chi connectivity index (χ0) is 15.2. The minimum absolute atomic E-state index is 0.0733. The summed E-state index contributed by atoms with van der Waals surface area (Å²) in [6.45, 7) is 4.60. The summed E-state index contributed by atoms with van der Waals surface area (Å²) in [4.78, 5) is 0. The fraction of sp³-hybridized carbons (Fsp3) is 0.333. The van der Waals surface area contributed by atoms with E-state index in [4.69, 9.17) is 0 Å². The molecule has 3 heteroatoms. The molecule has 0 bridgehead atoms. The lowest BCUT2D eigenvalue weighted by Crippen LogP contribution is -2.33. The Hall–Kier alpha value is -1.84. The summed E-state index contributed by atoms with van der Waals surface area (Å²) in [5, 5.41) is 23.4. The molecule has 0 saturated carbocycles. The molecule has 0 aromatic heterocycles. The van der Waals surface area contributed by atoms with Crippen molar-refractivity contribution < 1.29 is 10.2 Å². The van der Waals surface area contributed by atoms with Crippen LogP contribution in [-0.4, -0.2) is 22.8 Å². The maximum Gasteiger partial charge on any atom is 0.118 e. The Bertz CT molecular complexity index is 569. The van der Waals surface area contributed by atoms with E-state index in [1.165, 1.54) is 5.56 Å². The maximum atomic E-state index is 10.3. The third-order valence-corrected chi connectivity index (χ3v) is 3.77. The Labute approximate surface area is 126 Å². The Morgan fingerprint density at radius 2 is 1.81 bits per heavy atom. The van der Waals surface area contributed by atoms with Crippen LogP contribution in [0, 0.1) is 6.92 Å². The fourth-order valence-electron chi connectivity index (χ4n) is 2.30. The second kappa shape index (κ2) is 7.25. The normalized spacial score (nSPS) is 13.9. The van der Waals surface area contributed by atoms with Gasteiger partial charge in [-0.05, 0) is 49.6 Å². The smallest absolute Gasteiger partial charge is 0.118 e. The largest absolute Gasteiger partial charge is 0.508 e. The summed E-state index contributed by atoms with van der Waals surface area (Å²) in [7, 11) is 0. The van der Waals surface area contributed by atoms with E-state index in [-0.39, 0.29) is 11.8 Å². The summed E-state index contributed by atoms with van der Waals surface area (Å²) in [6.07, 6.45) is 0.295. The lowest BCUT2D eigenvalue weighted by atomic mass is 10.0. The zero-order valence-electron chi connectivity index (χ0n) is 12.6. The van der Waals surface area contributed by atoms with Crippen LogP contribution in [0.4, 0.5) is 0 Å². The highest BCUT2D eigenvalue weighted by atomic mass is 16.3.